The number of hydrogen-bond donors (Lipinski definition) is 0. The zero-order valence-corrected chi connectivity index (χ0v) is 16.0. The first-order chi connectivity index (χ1) is 12.7. The number of ether oxygens (including phenoxy) is 1. The van der Waals surface area contributed by atoms with Crippen molar-refractivity contribution in [3.8, 4) is 33.4 Å². The molecule has 0 N–H and O–H groups in total. The van der Waals surface area contributed by atoms with Crippen molar-refractivity contribution in [1.82, 2.24) is 14.8 Å². The maximum Gasteiger partial charge on any atom is 0.211 e. The van der Waals surface area contributed by atoms with E-state index in [0.29, 0.717) is 10.0 Å². The Bertz CT molecular complexity index is 1060. The van der Waals surface area contributed by atoms with E-state index in [0.717, 1.165) is 33.4 Å². The van der Waals surface area contributed by atoms with Crippen molar-refractivity contribution >= 4 is 34.5 Å². The van der Waals surface area contributed by atoms with Gasteiger partial charge >= 0.3 is 0 Å². The summed E-state index contributed by atoms with van der Waals surface area (Å²) in [6.07, 6.45) is 1.73. The second kappa shape index (κ2) is 7.11. The van der Waals surface area contributed by atoms with Crippen LogP contribution in [0.15, 0.2) is 60.1 Å². The van der Waals surface area contributed by atoms with Crippen LogP contribution in [-0.2, 0) is 0 Å². The minimum absolute atomic E-state index is 0.575. The molecule has 130 valence electrons. The van der Waals surface area contributed by atoms with Crippen LogP contribution in [0.2, 0.25) is 10.0 Å². The molecule has 0 saturated heterocycles. The minimum atomic E-state index is 0.575. The monoisotopic (exact) mass is 401 g/mol. The standard InChI is InChI=1S/C19H13Cl2N3OS/c1-25-14-5-2-12(3-6-14)17-11-26-19(23-17)24-18(8-9-22-24)15-7-4-13(20)10-16(15)21/h2-11H,1H3. The van der Waals surface area contributed by atoms with Crippen LogP contribution in [0.4, 0.5) is 0 Å². The Kier molecular flexibility index (Phi) is 4.68. The summed E-state index contributed by atoms with van der Waals surface area (Å²) in [7, 11) is 1.65. The zero-order valence-electron chi connectivity index (χ0n) is 13.7. The third-order valence-corrected chi connectivity index (χ3v) is 5.27. The average Bonchev–Trinajstić information content (AvgIpc) is 3.31. The van der Waals surface area contributed by atoms with Crippen LogP contribution in [0.3, 0.4) is 0 Å². The van der Waals surface area contributed by atoms with Crippen LogP contribution >= 0.6 is 34.5 Å². The maximum atomic E-state index is 6.36. The Labute approximate surface area is 164 Å². The maximum absolute atomic E-state index is 6.36. The largest absolute Gasteiger partial charge is 0.497 e. The predicted molar refractivity (Wildman–Crippen MR) is 107 cm³/mol. The van der Waals surface area contributed by atoms with Gasteiger partial charge in [-0.2, -0.15) is 5.10 Å². The number of nitrogens with zero attached hydrogens (tertiary/aromatic N) is 3. The van der Waals surface area contributed by atoms with E-state index in [-0.39, 0.29) is 0 Å². The molecule has 0 amide bonds. The molecule has 0 bridgehead atoms. The summed E-state index contributed by atoms with van der Waals surface area (Å²) in [5, 5.41) is 8.36. The topological polar surface area (TPSA) is 39.9 Å². The van der Waals surface area contributed by atoms with Crippen molar-refractivity contribution in [3.63, 3.8) is 0 Å². The number of rotatable bonds is 4. The molecule has 0 spiro atoms. The third-order valence-electron chi connectivity index (χ3n) is 3.91. The first kappa shape index (κ1) is 17.1. The summed E-state index contributed by atoms with van der Waals surface area (Å²) in [4.78, 5) is 4.72. The van der Waals surface area contributed by atoms with Gasteiger partial charge in [0, 0.05) is 21.5 Å². The Morgan fingerprint density at radius 3 is 2.58 bits per heavy atom. The molecule has 0 unspecified atom stereocenters. The van der Waals surface area contributed by atoms with Gasteiger partial charge < -0.3 is 4.74 Å². The van der Waals surface area contributed by atoms with Gasteiger partial charge in [-0.25, -0.2) is 9.67 Å². The van der Waals surface area contributed by atoms with Gasteiger partial charge in [0.05, 0.1) is 29.7 Å². The Morgan fingerprint density at radius 2 is 1.85 bits per heavy atom. The molecule has 4 nitrogen and oxygen atoms in total. The summed E-state index contributed by atoms with van der Waals surface area (Å²) in [5.74, 6) is 0.816. The molecule has 0 fully saturated rings. The molecule has 4 rings (SSSR count). The van der Waals surface area contributed by atoms with Crippen LogP contribution in [0.1, 0.15) is 0 Å². The SMILES string of the molecule is COc1ccc(-c2csc(-n3nccc3-c3ccc(Cl)cc3Cl)n2)cc1. The van der Waals surface area contributed by atoms with Gasteiger partial charge in [0.2, 0.25) is 5.13 Å². The van der Waals surface area contributed by atoms with E-state index in [4.69, 9.17) is 32.9 Å². The molecular weight excluding hydrogens is 389 g/mol. The fraction of sp³-hybridized carbons (Fsp3) is 0.0526. The number of halogens is 2. The molecule has 26 heavy (non-hydrogen) atoms. The quantitative estimate of drug-likeness (QED) is 0.422. The molecular formula is C19H13Cl2N3OS. The molecule has 0 aliphatic rings. The molecule has 2 heterocycles. The number of hydrogen-bond acceptors (Lipinski definition) is 4. The molecule has 0 aliphatic heterocycles. The van der Waals surface area contributed by atoms with Crippen LogP contribution in [0.5, 0.6) is 5.75 Å². The van der Waals surface area contributed by atoms with Crippen molar-refractivity contribution in [2.24, 2.45) is 0 Å². The van der Waals surface area contributed by atoms with Gasteiger partial charge in [-0.05, 0) is 48.5 Å². The second-order valence-corrected chi connectivity index (χ2v) is 7.18. The van der Waals surface area contributed by atoms with Gasteiger partial charge in [-0.1, -0.05) is 23.2 Å². The van der Waals surface area contributed by atoms with Crippen molar-refractivity contribution in [3.05, 3.63) is 70.2 Å². The van der Waals surface area contributed by atoms with Crippen molar-refractivity contribution in [1.29, 1.82) is 0 Å². The fourth-order valence-electron chi connectivity index (χ4n) is 2.61. The number of methoxy groups -OCH3 is 1. The zero-order chi connectivity index (χ0) is 18.1. The highest BCUT2D eigenvalue weighted by atomic mass is 35.5. The average molecular weight is 402 g/mol. The summed E-state index contributed by atoms with van der Waals surface area (Å²) in [5.41, 5.74) is 3.62. The Morgan fingerprint density at radius 1 is 1.04 bits per heavy atom. The highest BCUT2D eigenvalue weighted by Crippen LogP contribution is 2.33. The van der Waals surface area contributed by atoms with E-state index in [1.165, 1.54) is 11.3 Å². The van der Waals surface area contributed by atoms with Gasteiger partial charge in [-0.15, -0.1) is 11.3 Å². The fourth-order valence-corrected chi connectivity index (χ4v) is 3.92. The van der Waals surface area contributed by atoms with E-state index >= 15 is 0 Å². The molecule has 2 aromatic carbocycles. The normalized spacial score (nSPS) is 10.9. The van der Waals surface area contributed by atoms with E-state index in [1.54, 1.807) is 24.1 Å². The number of thiazole rings is 1. The van der Waals surface area contributed by atoms with Crippen LogP contribution in [0.25, 0.3) is 27.6 Å². The summed E-state index contributed by atoms with van der Waals surface area (Å²) < 4.78 is 6.98. The number of aromatic nitrogens is 3. The lowest BCUT2D eigenvalue weighted by atomic mass is 10.1. The molecule has 2 aromatic heterocycles. The lowest BCUT2D eigenvalue weighted by molar-refractivity contribution is 0.415. The van der Waals surface area contributed by atoms with Gasteiger partial charge in [0.25, 0.3) is 0 Å². The number of benzene rings is 2. The molecule has 0 radical (unpaired) electrons. The lowest BCUT2D eigenvalue weighted by Crippen LogP contribution is -1.98. The smallest absolute Gasteiger partial charge is 0.211 e. The molecule has 7 heteroatoms. The summed E-state index contributed by atoms with van der Waals surface area (Å²) in [6.45, 7) is 0. The Balaban J connectivity index is 1.71. The van der Waals surface area contributed by atoms with Crippen LogP contribution in [-0.4, -0.2) is 21.9 Å². The van der Waals surface area contributed by atoms with Gasteiger partial charge in [0.1, 0.15) is 5.75 Å². The van der Waals surface area contributed by atoms with E-state index in [9.17, 15) is 0 Å². The van der Waals surface area contributed by atoms with E-state index in [2.05, 4.69) is 5.10 Å². The van der Waals surface area contributed by atoms with Crippen molar-refractivity contribution < 1.29 is 4.74 Å². The highest BCUT2D eigenvalue weighted by Gasteiger charge is 2.14. The molecule has 0 atom stereocenters. The van der Waals surface area contributed by atoms with E-state index < -0.39 is 0 Å². The minimum Gasteiger partial charge on any atom is -0.497 e. The highest BCUT2D eigenvalue weighted by molar-refractivity contribution is 7.12. The second-order valence-electron chi connectivity index (χ2n) is 5.50. The van der Waals surface area contributed by atoms with E-state index in [1.807, 2.05) is 47.8 Å². The first-order valence-electron chi connectivity index (χ1n) is 7.75. The van der Waals surface area contributed by atoms with Gasteiger partial charge in [-0.3, -0.25) is 0 Å². The Hall–Kier alpha value is -2.34. The molecule has 0 aliphatic carbocycles. The third kappa shape index (κ3) is 3.21. The molecule has 0 saturated carbocycles. The van der Waals surface area contributed by atoms with Crippen molar-refractivity contribution in [2.45, 2.75) is 0 Å². The summed E-state index contributed by atoms with van der Waals surface area (Å²) in [6, 6.07) is 15.1. The van der Waals surface area contributed by atoms with Gasteiger partial charge in [0.15, 0.2) is 0 Å². The molecule has 4 aromatic rings. The lowest BCUT2D eigenvalue weighted by Gasteiger charge is -2.07. The van der Waals surface area contributed by atoms with Crippen molar-refractivity contribution in [2.75, 3.05) is 7.11 Å². The van der Waals surface area contributed by atoms with Crippen LogP contribution < -0.4 is 4.74 Å². The summed E-state index contributed by atoms with van der Waals surface area (Å²) >= 11 is 13.9. The predicted octanol–water partition coefficient (Wildman–Crippen LogP) is 5.98. The van der Waals surface area contributed by atoms with Crippen LogP contribution in [0, 0.1) is 0 Å². The first-order valence-corrected chi connectivity index (χ1v) is 9.39.